The van der Waals surface area contributed by atoms with Crippen LogP contribution < -0.4 is 5.32 Å². The Hall–Kier alpha value is -0.890. The number of halogens is 2. The van der Waals surface area contributed by atoms with Crippen molar-refractivity contribution >= 4 is 27.1 Å². The van der Waals surface area contributed by atoms with Crippen molar-refractivity contribution in [3.8, 4) is 0 Å². The SMILES string of the molecule is CS(=O)(=O)c1cc(Cl)c(N[C@H]2CCCC[C@@H]2N2CCC[C@@H]2CO)cc1F. The van der Waals surface area contributed by atoms with Crippen LogP contribution in [0.1, 0.15) is 38.5 Å². The van der Waals surface area contributed by atoms with E-state index in [1.807, 2.05) is 0 Å². The fourth-order valence-electron chi connectivity index (χ4n) is 4.29. The van der Waals surface area contributed by atoms with Gasteiger partial charge in [-0.1, -0.05) is 24.4 Å². The van der Waals surface area contributed by atoms with Gasteiger partial charge in [-0.05, 0) is 44.4 Å². The molecule has 1 aliphatic heterocycles. The molecule has 1 aliphatic carbocycles. The highest BCUT2D eigenvalue weighted by molar-refractivity contribution is 7.90. The Morgan fingerprint density at radius 1 is 1.27 bits per heavy atom. The van der Waals surface area contributed by atoms with E-state index in [0.29, 0.717) is 5.69 Å². The molecule has 1 saturated carbocycles. The van der Waals surface area contributed by atoms with Crippen molar-refractivity contribution in [2.45, 2.75) is 61.5 Å². The van der Waals surface area contributed by atoms with Crippen molar-refractivity contribution in [1.29, 1.82) is 0 Å². The molecule has 0 radical (unpaired) electrons. The summed E-state index contributed by atoms with van der Waals surface area (Å²) in [6.45, 7) is 1.12. The molecule has 146 valence electrons. The first-order chi connectivity index (χ1) is 12.3. The van der Waals surface area contributed by atoms with Gasteiger partial charge in [-0.3, -0.25) is 4.90 Å². The largest absolute Gasteiger partial charge is 0.395 e. The number of anilines is 1. The van der Waals surface area contributed by atoms with Gasteiger partial charge in [0, 0.05) is 24.4 Å². The Balaban J connectivity index is 1.83. The zero-order valence-corrected chi connectivity index (χ0v) is 16.5. The zero-order valence-electron chi connectivity index (χ0n) is 14.9. The van der Waals surface area contributed by atoms with E-state index in [0.717, 1.165) is 51.3 Å². The summed E-state index contributed by atoms with van der Waals surface area (Å²) in [5.41, 5.74) is 0.424. The number of benzene rings is 1. The number of rotatable bonds is 5. The Bertz CT molecular complexity index is 759. The third-order valence-corrected chi connectivity index (χ3v) is 6.98. The van der Waals surface area contributed by atoms with Gasteiger partial charge in [-0.2, -0.15) is 0 Å². The second-order valence-electron chi connectivity index (χ2n) is 7.35. The predicted molar refractivity (Wildman–Crippen MR) is 101 cm³/mol. The topological polar surface area (TPSA) is 69.6 Å². The van der Waals surface area contributed by atoms with Crippen LogP contribution in [0.3, 0.4) is 0 Å². The second-order valence-corrected chi connectivity index (χ2v) is 9.75. The minimum absolute atomic E-state index is 0.0943. The lowest BCUT2D eigenvalue weighted by Crippen LogP contribution is -2.51. The summed E-state index contributed by atoms with van der Waals surface area (Å²) in [6, 6.07) is 2.90. The fraction of sp³-hybridized carbons (Fsp3) is 0.667. The summed E-state index contributed by atoms with van der Waals surface area (Å²) in [6.07, 6.45) is 7.21. The maximum Gasteiger partial charge on any atom is 0.178 e. The molecule has 1 heterocycles. The number of aliphatic hydroxyl groups excluding tert-OH is 1. The summed E-state index contributed by atoms with van der Waals surface area (Å²) < 4.78 is 37.6. The number of hydrogen-bond donors (Lipinski definition) is 2. The second kappa shape index (κ2) is 8.00. The van der Waals surface area contributed by atoms with E-state index in [-0.39, 0.29) is 34.7 Å². The molecule has 1 aromatic carbocycles. The normalized spacial score (nSPS) is 27.6. The Morgan fingerprint density at radius 2 is 2.00 bits per heavy atom. The lowest BCUT2D eigenvalue weighted by molar-refractivity contribution is 0.0910. The molecule has 2 aliphatic rings. The number of sulfone groups is 1. The first-order valence-corrected chi connectivity index (χ1v) is 11.4. The van der Waals surface area contributed by atoms with Gasteiger partial charge in [0.1, 0.15) is 10.7 Å². The molecule has 1 saturated heterocycles. The highest BCUT2D eigenvalue weighted by Crippen LogP contribution is 2.34. The minimum Gasteiger partial charge on any atom is -0.395 e. The van der Waals surface area contributed by atoms with Crippen LogP contribution in [0.5, 0.6) is 0 Å². The van der Waals surface area contributed by atoms with Gasteiger partial charge in [0.25, 0.3) is 0 Å². The van der Waals surface area contributed by atoms with Crippen molar-refractivity contribution in [3.05, 3.63) is 23.0 Å². The Morgan fingerprint density at radius 3 is 2.69 bits per heavy atom. The molecule has 2 fully saturated rings. The van der Waals surface area contributed by atoms with Crippen LogP contribution in [0.25, 0.3) is 0 Å². The standard InChI is InChI=1S/C18H26ClFN2O3S/c1-26(24,25)18-9-13(19)16(10-14(18)20)21-15-6-2-3-7-17(15)22-8-4-5-12(22)11-23/h9-10,12,15,17,21,23H,2-8,11H2,1H3/t12-,15+,17+/m1/s1. The molecular formula is C18H26ClFN2O3S. The van der Waals surface area contributed by atoms with E-state index in [9.17, 15) is 17.9 Å². The summed E-state index contributed by atoms with van der Waals surface area (Å²) >= 11 is 6.24. The van der Waals surface area contributed by atoms with Crippen LogP contribution in [-0.2, 0) is 9.84 Å². The van der Waals surface area contributed by atoms with E-state index in [4.69, 9.17) is 11.6 Å². The summed E-state index contributed by atoms with van der Waals surface area (Å²) in [4.78, 5) is 1.99. The highest BCUT2D eigenvalue weighted by Gasteiger charge is 2.36. The van der Waals surface area contributed by atoms with Crippen molar-refractivity contribution in [1.82, 2.24) is 4.90 Å². The van der Waals surface area contributed by atoms with Gasteiger partial charge >= 0.3 is 0 Å². The molecule has 26 heavy (non-hydrogen) atoms. The maximum absolute atomic E-state index is 14.3. The van der Waals surface area contributed by atoms with Crippen molar-refractivity contribution in [2.24, 2.45) is 0 Å². The van der Waals surface area contributed by atoms with Crippen LogP contribution in [0, 0.1) is 5.82 Å². The van der Waals surface area contributed by atoms with Gasteiger partial charge in [0.15, 0.2) is 9.84 Å². The predicted octanol–water partition coefficient (Wildman–Crippen LogP) is 3.06. The third kappa shape index (κ3) is 4.16. The molecule has 2 N–H and O–H groups in total. The molecule has 0 amide bonds. The monoisotopic (exact) mass is 404 g/mol. The molecular weight excluding hydrogens is 379 g/mol. The molecule has 0 aromatic heterocycles. The first kappa shape index (κ1) is 19.9. The molecule has 5 nitrogen and oxygen atoms in total. The van der Waals surface area contributed by atoms with Crippen molar-refractivity contribution in [3.63, 3.8) is 0 Å². The fourth-order valence-corrected chi connectivity index (χ4v) is 5.32. The number of aliphatic hydroxyl groups is 1. The number of likely N-dealkylation sites (tertiary alicyclic amines) is 1. The maximum atomic E-state index is 14.3. The lowest BCUT2D eigenvalue weighted by Gasteiger charge is -2.41. The van der Waals surface area contributed by atoms with Crippen molar-refractivity contribution in [2.75, 3.05) is 24.7 Å². The van der Waals surface area contributed by atoms with Crippen LogP contribution >= 0.6 is 11.6 Å². The quantitative estimate of drug-likeness (QED) is 0.789. The molecule has 0 spiro atoms. The summed E-state index contributed by atoms with van der Waals surface area (Å²) in [7, 11) is -3.66. The van der Waals surface area contributed by atoms with Crippen LogP contribution in [0.2, 0.25) is 5.02 Å². The van der Waals surface area contributed by atoms with E-state index in [1.165, 1.54) is 12.1 Å². The van der Waals surface area contributed by atoms with Gasteiger partial charge in [0.2, 0.25) is 0 Å². The van der Waals surface area contributed by atoms with Crippen LogP contribution in [0.15, 0.2) is 17.0 Å². The average Bonchev–Trinajstić information content (AvgIpc) is 3.05. The zero-order chi connectivity index (χ0) is 18.9. The summed E-state index contributed by atoms with van der Waals surface area (Å²) in [5, 5.41) is 13.2. The van der Waals surface area contributed by atoms with Gasteiger partial charge < -0.3 is 10.4 Å². The number of nitrogens with zero attached hydrogens (tertiary/aromatic N) is 1. The molecule has 3 atom stereocenters. The highest BCUT2D eigenvalue weighted by atomic mass is 35.5. The van der Waals surface area contributed by atoms with Gasteiger partial charge in [-0.15, -0.1) is 0 Å². The van der Waals surface area contributed by atoms with Crippen molar-refractivity contribution < 1.29 is 17.9 Å². The average molecular weight is 405 g/mol. The smallest absolute Gasteiger partial charge is 0.178 e. The van der Waals surface area contributed by atoms with E-state index < -0.39 is 15.7 Å². The molecule has 0 unspecified atom stereocenters. The van der Waals surface area contributed by atoms with Gasteiger partial charge in [0.05, 0.1) is 17.3 Å². The van der Waals surface area contributed by atoms with E-state index in [1.54, 1.807) is 0 Å². The molecule has 8 heteroatoms. The van der Waals surface area contributed by atoms with E-state index in [2.05, 4.69) is 10.2 Å². The van der Waals surface area contributed by atoms with Crippen LogP contribution in [-0.4, -0.2) is 56.0 Å². The third-order valence-electron chi connectivity index (χ3n) is 5.55. The summed E-state index contributed by atoms with van der Waals surface area (Å²) in [5.74, 6) is -0.791. The molecule has 3 rings (SSSR count). The molecule has 0 bridgehead atoms. The Labute approximate surface area is 159 Å². The molecule has 1 aromatic rings. The first-order valence-electron chi connectivity index (χ1n) is 9.13. The van der Waals surface area contributed by atoms with Gasteiger partial charge in [-0.25, -0.2) is 12.8 Å². The van der Waals surface area contributed by atoms with E-state index >= 15 is 0 Å². The van der Waals surface area contributed by atoms with Crippen LogP contribution in [0.4, 0.5) is 10.1 Å². The lowest BCUT2D eigenvalue weighted by atomic mass is 9.88. The number of hydrogen-bond acceptors (Lipinski definition) is 5. The Kier molecular flexibility index (Phi) is 6.11. The number of nitrogens with one attached hydrogen (secondary N) is 1. The minimum atomic E-state index is -3.66.